The molecule has 2 N–H and O–H groups in total. The molecule has 0 saturated carbocycles. The smallest absolute Gasteiger partial charge is 0.408 e. The van der Waals surface area contributed by atoms with Crippen molar-refractivity contribution >= 4 is 12.1 Å². The molecule has 0 aliphatic carbocycles. The fraction of sp³-hybridized carbons (Fsp3) is 0.643. The third-order valence-electron chi connectivity index (χ3n) is 2.43. The third-order valence-corrected chi connectivity index (χ3v) is 2.43. The van der Waals surface area contributed by atoms with Crippen molar-refractivity contribution in [1.29, 1.82) is 0 Å². The maximum atomic E-state index is 11.8. The van der Waals surface area contributed by atoms with E-state index in [2.05, 4.69) is 10.3 Å². The Kier molecular flexibility index (Phi) is 5.34. The highest BCUT2D eigenvalue weighted by Crippen LogP contribution is 2.22. The molecule has 0 radical (unpaired) electrons. The van der Waals surface area contributed by atoms with Crippen LogP contribution in [-0.4, -0.2) is 27.8 Å². The number of carbonyl (C=O) groups excluding carboxylic acids is 1. The lowest BCUT2D eigenvalue weighted by Crippen LogP contribution is -2.35. The van der Waals surface area contributed by atoms with E-state index < -0.39 is 23.7 Å². The van der Waals surface area contributed by atoms with Crippen molar-refractivity contribution in [3.8, 4) is 0 Å². The number of nitrogens with one attached hydrogen (secondary N) is 1. The second-order valence-corrected chi connectivity index (χ2v) is 6.20. The molecule has 0 saturated heterocycles. The molecule has 1 aromatic heterocycles. The topological polar surface area (TPSA) is 102 Å². The van der Waals surface area contributed by atoms with E-state index in [1.807, 2.05) is 13.8 Å². The molecule has 0 aromatic carbocycles. The zero-order valence-electron chi connectivity index (χ0n) is 13.0. The van der Waals surface area contributed by atoms with Crippen molar-refractivity contribution < 1.29 is 23.8 Å². The molecule has 1 rings (SSSR count). The summed E-state index contributed by atoms with van der Waals surface area (Å²) in [5.74, 6) is -1.05. The van der Waals surface area contributed by atoms with E-state index in [0.29, 0.717) is 6.42 Å². The normalized spacial score (nSPS) is 13.0. The Morgan fingerprint density at radius 2 is 2.05 bits per heavy atom. The van der Waals surface area contributed by atoms with E-state index in [9.17, 15) is 9.59 Å². The lowest BCUT2D eigenvalue weighted by molar-refractivity contribution is 0.0488. The summed E-state index contributed by atoms with van der Waals surface area (Å²) in [6.07, 6.45) is 1.09. The molecule has 0 aliphatic heterocycles. The largest absolute Gasteiger partial charge is 0.475 e. The molecule has 118 valence electrons. The molecule has 0 aliphatic rings. The zero-order chi connectivity index (χ0) is 16.2. The first-order chi connectivity index (χ1) is 9.58. The van der Waals surface area contributed by atoms with Gasteiger partial charge in [-0.3, -0.25) is 0 Å². The van der Waals surface area contributed by atoms with Gasteiger partial charge in [0.2, 0.25) is 11.7 Å². The Labute approximate surface area is 123 Å². The molecule has 0 unspecified atom stereocenters. The van der Waals surface area contributed by atoms with Crippen LogP contribution in [0.15, 0.2) is 10.6 Å². The SMILES string of the molecule is CC(C)C[C@H](NC(=O)OC(C)(C)C)c1ncc(C(=O)O)o1. The average molecular weight is 298 g/mol. The Morgan fingerprint density at radius 1 is 1.43 bits per heavy atom. The number of carbonyl (C=O) groups is 2. The van der Waals surface area contributed by atoms with Crippen molar-refractivity contribution in [2.45, 2.75) is 52.7 Å². The third kappa shape index (κ3) is 5.85. The zero-order valence-corrected chi connectivity index (χ0v) is 13.0. The number of oxazole rings is 1. The lowest BCUT2D eigenvalue weighted by atomic mass is 10.0. The Morgan fingerprint density at radius 3 is 2.48 bits per heavy atom. The summed E-state index contributed by atoms with van der Waals surface area (Å²) in [4.78, 5) is 26.6. The molecular formula is C14H22N2O5. The Balaban J connectivity index is 2.84. The molecular weight excluding hydrogens is 276 g/mol. The first-order valence-corrected chi connectivity index (χ1v) is 6.77. The van der Waals surface area contributed by atoms with Gasteiger partial charge < -0.3 is 19.6 Å². The maximum Gasteiger partial charge on any atom is 0.408 e. The van der Waals surface area contributed by atoms with Gasteiger partial charge in [0.05, 0.1) is 6.20 Å². The van der Waals surface area contributed by atoms with Crippen LogP contribution in [0.25, 0.3) is 0 Å². The maximum absolute atomic E-state index is 11.8. The van der Waals surface area contributed by atoms with E-state index in [-0.39, 0.29) is 17.6 Å². The summed E-state index contributed by atoms with van der Waals surface area (Å²) in [5.41, 5.74) is -0.616. The van der Waals surface area contributed by atoms with Crippen molar-refractivity contribution in [3.63, 3.8) is 0 Å². The molecule has 0 bridgehead atoms. The molecule has 7 heteroatoms. The number of rotatable bonds is 5. The minimum Gasteiger partial charge on any atom is -0.475 e. The number of carboxylic acids is 1. The van der Waals surface area contributed by atoms with Crippen LogP contribution < -0.4 is 5.32 Å². The summed E-state index contributed by atoms with van der Waals surface area (Å²) < 4.78 is 10.3. The number of carboxylic acid groups (broad SMARTS) is 1. The van der Waals surface area contributed by atoms with Crippen molar-refractivity contribution in [2.75, 3.05) is 0 Å². The van der Waals surface area contributed by atoms with Gasteiger partial charge in [-0.15, -0.1) is 0 Å². The minimum absolute atomic E-state index is 0.159. The predicted octanol–water partition coefficient (Wildman–Crippen LogP) is 2.98. The fourth-order valence-electron chi connectivity index (χ4n) is 1.69. The minimum atomic E-state index is -1.20. The van der Waals surface area contributed by atoms with Crippen LogP contribution in [-0.2, 0) is 4.74 Å². The number of nitrogens with zero attached hydrogens (tertiary/aromatic N) is 1. The van der Waals surface area contributed by atoms with Gasteiger partial charge in [-0.2, -0.15) is 0 Å². The summed E-state index contributed by atoms with van der Waals surface area (Å²) in [7, 11) is 0. The number of amides is 1. The highest BCUT2D eigenvalue weighted by Gasteiger charge is 2.25. The molecule has 1 aromatic rings. The molecule has 0 fully saturated rings. The monoisotopic (exact) mass is 298 g/mol. The number of aromatic carboxylic acids is 1. The standard InChI is InChI=1S/C14H22N2O5/c1-8(2)6-9(16-13(19)21-14(3,4)5)11-15-7-10(20-11)12(17)18/h7-9H,6H2,1-5H3,(H,16,19)(H,17,18)/t9-/m0/s1. The Hall–Kier alpha value is -2.05. The molecule has 21 heavy (non-hydrogen) atoms. The van der Waals surface area contributed by atoms with Gasteiger partial charge in [0, 0.05) is 0 Å². The first-order valence-electron chi connectivity index (χ1n) is 6.77. The van der Waals surface area contributed by atoms with Gasteiger partial charge in [-0.1, -0.05) is 13.8 Å². The molecule has 1 amide bonds. The second-order valence-electron chi connectivity index (χ2n) is 6.20. The molecule has 1 atom stereocenters. The summed E-state index contributed by atoms with van der Waals surface area (Å²) >= 11 is 0. The van der Waals surface area contributed by atoms with Gasteiger partial charge in [-0.25, -0.2) is 14.6 Å². The van der Waals surface area contributed by atoms with Crippen LogP contribution in [0.1, 0.15) is 63.5 Å². The summed E-state index contributed by atoms with van der Waals surface area (Å²) in [5, 5.41) is 11.5. The first kappa shape index (κ1) is 17.0. The average Bonchev–Trinajstić information content (AvgIpc) is 2.73. The number of alkyl carbamates (subject to hydrolysis) is 1. The predicted molar refractivity (Wildman–Crippen MR) is 75.0 cm³/mol. The van der Waals surface area contributed by atoms with Crippen LogP contribution in [0.2, 0.25) is 0 Å². The fourth-order valence-corrected chi connectivity index (χ4v) is 1.69. The highest BCUT2D eigenvalue weighted by molar-refractivity contribution is 5.83. The van der Waals surface area contributed by atoms with E-state index in [1.54, 1.807) is 20.8 Å². The van der Waals surface area contributed by atoms with Crippen molar-refractivity contribution in [2.24, 2.45) is 5.92 Å². The Bertz CT molecular complexity index is 502. The number of hydrogen-bond acceptors (Lipinski definition) is 5. The molecule has 1 heterocycles. The van der Waals surface area contributed by atoms with Crippen LogP contribution in [0.4, 0.5) is 4.79 Å². The molecule has 0 spiro atoms. The molecule has 7 nitrogen and oxygen atoms in total. The quantitative estimate of drug-likeness (QED) is 0.866. The van der Waals surface area contributed by atoms with Gasteiger partial charge >= 0.3 is 12.1 Å². The van der Waals surface area contributed by atoms with E-state index in [0.717, 1.165) is 6.20 Å². The van der Waals surface area contributed by atoms with E-state index in [1.165, 1.54) is 0 Å². The summed E-state index contributed by atoms with van der Waals surface area (Å²) in [6.45, 7) is 9.24. The van der Waals surface area contributed by atoms with E-state index in [4.69, 9.17) is 14.3 Å². The highest BCUT2D eigenvalue weighted by atomic mass is 16.6. The van der Waals surface area contributed by atoms with Gasteiger partial charge in [0.1, 0.15) is 11.6 Å². The van der Waals surface area contributed by atoms with Crippen LogP contribution in [0, 0.1) is 5.92 Å². The number of hydrogen-bond donors (Lipinski definition) is 2. The van der Waals surface area contributed by atoms with Crippen molar-refractivity contribution in [3.05, 3.63) is 17.8 Å². The van der Waals surface area contributed by atoms with Gasteiger partial charge in [0.25, 0.3) is 0 Å². The summed E-state index contributed by atoms with van der Waals surface area (Å²) in [6, 6.07) is -0.534. The second kappa shape index (κ2) is 6.60. The van der Waals surface area contributed by atoms with Crippen molar-refractivity contribution in [1.82, 2.24) is 10.3 Å². The number of aromatic nitrogens is 1. The van der Waals surface area contributed by atoms with Crippen LogP contribution in [0.5, 0.6) is 0 Å². The van der Waals surface area contributed by atoms with Crippen LogP contribution >= 0.6 is 0 Å². The van der Waals surface area contributed by atoms with E-state index >= 15 is 0 Å². The van der Waals surface area contributed by atoms with Crippen LogP contribution in [0.3, 0.4) is 0 Å². The van der Waals surface area contributed by atoms with Gasteiger partial charge in [-0.05, 0) is 33.1 Å². The lowest BCUT2D eigenvalue weighted by Gasteiger charge is -2.23. The van der Waals surface area contributed by atoms with Gasteiger partial charge in [0.15, 0.2) is 0 Å². The number of ether oxygens (including phenoxy) is 1.